The highest BCUT2D eigenvalue weighted by atomic mass is 19.0. The Bertz CT molecular complexity index is 121. The molecule has 0 radical (unpaired) electrons. The molecule has 3 heteroatoms. The zero-order valence-electron chi connectivity index (χ0n) is 7.46. The molecule has 0 aromatic carbocycles. The Morgan fingerprint density at radius 3 is 0.909 bits per heavy atom. The van der Waals surface area contributed by atoms with Gasteiger partial charge in [0.05, 0.1) is 12.1 Å². The molecule has 0 aliphatic rings. The van der Waals surface area contributed by atoms with Crippen LogP contribution in [-0.2, 0) is 0 Å². The lowest BCUT2D eigenvalue weighted by molar-refractivity contribution is 0.849. The highest BCUT2D eigenvalue weighted by molar-refractivity contribution is 4.73. The van der Waals surface area contributed by atoms with E-state index in [0.29, 0.717) is 0 Å². The van der Waals surface area contributed by atoms with Crippen molar-refractivity contribution in [2.24, 2.45) is 11.8 Å². The molecular formula is C8H15FN2. The third-order valence-corrected chi connectivity index (χ3v) is 0.516. The molecule has 2 nitrogen and oxygen atoms in total. The minimum atomic E-state index is 0. The van der Waals surface area contributed by atoms with Gasteiger partial charge in [-0.05, 0) is 27.7 Å². The predicted molar refractivity (Wildman–Crippen MR) is 43.4 cm³/mol. The Morgan fingerprint density at radius 2 is 0.909 bits per heavy atom. The van der Waals surface area contributed by atoms with Crippen LogP contribution in [0.15, 0.2) is 0 Å². The van der Waals surface area contributed by atoms with Gasteiger partial charge in [-0.3, -0.25) is 4.70 Å². The Labute approximate surface area is 67.8 Å². The number of hydrogen-bond acceptors (Lipinski definition) is 2. The van der Waals surface area contributed by atoms with Crippen molar-refractivity contribution in [3.63, 3.8) is 0 Å². The van der Waals surface area contributed by atoms with Crippen molar-refractivity contribution >= 4 is 0 Å². The fourth-order valence-corrected chi connectivity index (χ4v) is 0. The van der Waals surface area contributed by atoms with E-state index in [2.05, 4.69) is 0 Å². The first-order valence-electron chi connectivity index (χ1n) is 3.33. The van der Waals surface area contributed by atoms with Crippen molar-refractivity contribution in [2.45, 2.75) is 27.7 Å². The number of nitriles is 2. The van der Waals surface area contributed by atoms with Crippen molar-refractivity contribution in [2.75, 3.05) is 0 Å². The van der Waals surface area contributed by atoms with Crippen LogP contribution in [0.2, 0.25) is 0 Å². The minimum absolute atomic E-state index is 0. The Balaban J connectivity index is -0.000000107. The molecule has 0 bridgehead atoms. The van der Waals surface area contributed by atoms with E-state index in [0.717, 1.165) is 0 Å². The Kier molecular flexibility index (Phi) is 17.5. The van der Waals surface area contributed by atoms with E-state index in [1.807, 2.05) is 39.8 Å². The zero-order valence-corrected chi connectivity index (χ0v) is 7.46. The van der Waals surface area contributed by atoms with Gasteiger partial charge in [-0.2, -0.15) is 10.5 Å². The number of hydrogen-bond donors (Lipinski definition) is 0. The molecule has 0 fully saturated rings. The monoisotopic (exact) mass is 158 g/mol. The molecule has 0 saturated carbocycles. The van der Waals surface area contributed by atoms with Gasteiger partial charge >= 0.3 is 0 Å². The maximum absolute atomic E-state index is 7.89. The van der Waals surface area contributed by atoms with Gasteiger partial charge in [0.15, 0.2) is 0 Å². The minimum Gasteiger partial charge on any atom is -0.269 e. The van der Waals surface area contributed by atoms with Crippen molar-refractivity contribution in [1.29, 1.82) is 10.5 Å². The largest absolute Gasteiger partial charge is 0.269 e. The molecule has 0 amide bonds. The fraction of sp³-hybridized carbons (Fsp3) is 0.750. The first kappa shape index (κ1) is 16.5. The summed E-state index contributed by atoms with van der Waals surface area (Å²) in [4.78, 5) is 0. The third-order valence-electron chi connectivity index (χ3n) is 0.516. The van der Waals surface area contributed by atoms with Crippen LogP contribution in [0.25, 0.3) is 0 Å². The summed E-state index contributed by atoms with van der Waals surface area (Å²) in [5.41, 5.74) is 0. The third kappa shape index (κ3) is 50.2. The molecule has 0 heterocycles. The van der Waals surface area contributed by atoms with E-state index in [1.165, 1.54) is 0 Å². The molecule has 0 atom stereocenters. The molecule has 0 N–H and O–H groups in total. The van der Waals surface area contributed by atoms with Gasteiger partial charge in [0.25, 0.3) is 0 Å². The van der Waals surface area contributed by atoms with Gasteiger partial charge in [0.1, 0.15) is 0 Å². The van der Waals surface area contributed by atoms with Crippen LogP contribution in [0.4, 0.5) is 4.70 Å². The molecule has 11 heavy (non-hydrogen) atoms. The summed E-state index contributed by atoms with van der Waals surface area (Å²) >= 11 is 0. The summed E-state index contributed by atoms with van der Waals surface area (Å²) in [6.45, 7) is 7.44. The first-order valence-corrected chi connectivity index (χ1v) is 3.33. The predicted octanol–water partition coefficient (Wildman–Crippen LogP) is 2.48. The molecule has 0 aromatic rings. The molecule has 0 unspecified atom stereocenters. The van der Waals surface area contributed by atoms with Gasteiger partial charge in [-0.15, -0.1) is 0 Å². The standard InChI is InChI=1S/2C4H7N.FH/c2*1-4(2)3-5;/h2*4H,1-2H3;1H. The average molecular weight is 158 g/mol. The van der Waals surface area contributed by atoms with Crippen LogP contribution in [0, 0.1) is 34.5 Å². The second-order valence-corrected chi connectivity index (χ2v) is 2.57. The van der Waals surface area contributed by atoms with Crippen LogP contribution in [0.5, 0.6) is 0 Å². The first-order chi connectivity index (χ1) is 4.54. The van der Waals surface area contributed by atoms with Gasteiger partial charge < -0.3 is 0 Å². The summed E-state index contributed by atoms with van der Waals surface area (Å²) in [6.07, 6.45) is 0. The van der Waals surface area contributed by atoms with E-state index < -0.39 is 0 Å². The maximum atomic E-state index is 7.89. The van der Waals surface area contributed by atoms with Crippen LogP contribution in [0.3, 0.4) is 0 Å². The van der Waals surface area contributed by atoms with Crippen molar-refractivity contribution in [3.05, 3.63) is 0 Å². The molecular weight excluding hydrogens is 143 g/mol. The van der Waals surface area contributed by atoms with Crippen LogP contribution in [0.1, 0.15) is 27.7 Å². The lowest BCUT2D eigenvalue weighted by atomic mass is 10.3. The van der Waals surface area contributed by atoms with Gasteiger partial charge in [-0.1, -0.05) is 0 Å². The summed E-state index contributed by atoms with van der Waals surface area (Å²) in [6, 6.07) is 4.06. The van der Waals surface area contributed by atoms with E-state index >= 15 is 0 Å². The summed E-state index contributed by atoms with van der Waals surface area (Å²) in [5.74, 6) is 0.380. The molecule has 64 valence electrons. The van der Waals surface area contributed by atoms with Crippen molar-refractivity contribution in [1.82, 2.24) is 0 Å². The molecule has 0 spiro atoms. The molecule has 0 aliphatic carbocycles. The van der Waals surface area contributed by atoms with Crippen LogP contribution in [-0.4, -0.2) is 0 Å². The maximum Gasteiger partial charge on any atom is 0.0649 e. The second-order valence-electron chi connectivity index (χ2n) is 2.57. The zero-order chi connectivity index (χ0) is 8.57. The summed E-state index contributed by atoms with van der Waals surface area (Å²) < 4.78 is 0. The quantitative estimate of drug-likeness (QED) is 0.543. The van der Waals surface area contributed by atoms with E-state index in [4.69, 9.17) is 10.5 Å². The summed E-state index contributed by atoms with van der Waals surface area (Å²) in [5, 5.41) is 15.8. The Morgan fingerprint density at radius 1 is 0.818 bits per heavy atom. The Hall–Kier alpha value is -1.09. The normalized spacial score (nSPS) is 6.91. The molecule has 0 rings (SSSR count). The summed E-state index contributed by atoms with van der Waals surface area (Å²) in [7, 11) is 0. The highest BCUT2D eigenvalue weighted by Crippen LogP contribution is 1.82. The second kappa shape index (κ2) is 11.7. The van der Waals surface area contributed by atoms with Gasteiger partial charge in [-0.25, -0.2) is 0 Å². The topological polar surface area (TPSA) is 47.6 Å². The molecule has 0 aromatic heterocycles. The van der Waals surface area contributed by atoms with E-state index in [1.54, 1.807) is 0 Å². The smallest absolute Gasteiger partial charge is 0.0649 e. The van der Waals surface area contributed by atoms with Gasteiger partial charge in [0, 0.05) is 11.8 Å². The highest BCUT2D eigenvalue weighted by Gasteiger charge is 1.79. The lowest BCUT2D eigenvalue weighted by Gasteiger charge is -1.75. The van der Waals surface area contributed by atoms with Crippen molar-refractivity contribution < 1.29 is 4.70 Å². The van der Waals surface area contributed by atoms with Gasteiger partial charge in [0.2, 0.25) is 0 Å². The fourth-order valence-electron chi connectivity index (χ4n) is 0. The number of halogens is 1. The van der Waals surface area contributed by atoms with Crippen LogP contribution >= 0.6 is 0 Å². The SMILES string of the molecule is CC(C)C#N.CC(C)C#N.F. The number of nitrogens with zero attached hydrogens (tertiary/aromatic N) is 2. The van der Waals surface area contributed by atoms with Crippen molar-refractivity contribution in [3.8, 4) is 12.1 Å². The molecule has 0 saturated heterocycles. The lowest BCUT2D eigenvalue weighted by Crippen LogP contribution is -1.72. The van der Waals surface area contributed by atoms with E-state index in [-0.39, 0.29) is 16.5 Å². The average Bonchev–Trinajstić information content (AvgIpc) is 1.89. The van der Waals surface area contributed by atoms with Crippen LogP contribution < -0.4 is 0 Å². The number of rotatable bonds is 0. The molecule has 0 aliphatic heterocycles. The van der Waals surface area contributed by atoms with E-state index in [9.17, 15) is 0 Å².